The Balaban J connectivity index is 1.89. The molecule has 0 amide bonds. The van der Waals surface area contributed by atoms with Gasteiger partial charge in [-0.25, -0.2) is 4.98 Å². The minimum Gasteiger partial charge on any atom is -0.486 e. The van der Waals surface area contributed by atoms with Gasteiger partial charge < -0.3 is 14.0 Å². The number of benzene rings is 1. The monoisotopic (exact) mass is 308 g/mol. The van der Waals surface area contributed by atoms with Crippen LogP contribution in [-0.2, 0) is 13.5 Å². The van der Waals surface area contributed by atoms with E-state index in [1.54, 1.807) is 6.33 Å². The first-order valence-electron chi connectivity index (χ1n) is 5.78. The van der Waals surface area contributed by atoms with Gasteiger partial charge >= 0.3 is 0 Å². The van der Waals surface area contributed by atoms with E-state index >= 15 is 0 Å². The number of aryl methyl sites for hydroxylation is 1. The van der Waals surface area contributed by atoms with E-state index in [9.17, 15) is 0 Å². The zero-order valence-electron chi connectivity index (χ0n) is 10.0. The largest absolute Gasteiger partial charge is 0.486 e. The summed E-state index contributed by atoms with van der Waals surface area (Å²) in [7, 11) is 1.99. The van der Waals surface area contributed by atoms with E-state index in [-0.39, 0.29) is 0 Å². The molecule has 3 rings (SSSR count). The number of rotatable bonds is 2. The predicted molar refractivity (Wildman–Crippen MR) is 71.1 cm³/mol. The van der Waals surface area contributed by atoms with Crippen LogP contribution in [-0.4, -0.2) is 22.8 Å². The molecule has 0 bridgehead atoms. The number of imidazole rings is 1. The van der Waals surface area contributed by atoms with Crippen molar-refractivity contribution in [1.29, 1.82) is 0 Å². The summed E-state index contributed by atoms with van der Waals surface area (Å²) in [5, 5.41) is 0. The Morgan fingerprint density at radius 1 is 1.28 bits per heavy atom. The molecule has 1 aliphatic rings. The Morgan fingerprint density at radius 3 is 2.78 bits per heavy atom. The number of ether oxygens (including phenoxy) is 2. The summed E-state index contributed by atoms with van der Waals surface area (Å²) in [5.41, 5.74) is 2.33. The molecule has 0 aliphatic carbocycles. The molecule has 4 nitrogen and oxygen atoms in total. The third-order valence-electron chi connectivity index (χ3n) is 2.99. The van der Waals surface area contributed by atoms with Crippen LogP contribution in [0.25, 0.3) is 0 Å². The van der Waals surface area contributed by atoms with Gasteiger partial charge in [0.2, 0.25) is 0 Å². The van der Waals surface area contributed by atoms with Crippen LogP contribution in [0.4, 0.5) is 0 Å². The normalized spacial score (nSPS) is 13.7. The Kier molecular flexibility index (Phi) is 2.99. The van der Waals surface area contributed by atoms with Crippen LogP contribution in [0.5, 0.6) is 11.5 Å². The molecular formula is C13H13BrN2O2. The van der Waals surface area contributed by atoms with Crippen molar-refractivity contribution in [3.05, 3.63) is 40.4 Å². The quantitative estimate of drug-likeness (QED) is 0.855. The lowest BCUT2D eigenvalue weighted by Crippen LogP contribution is -2.15. The SMILES string of the molecule is Cn1cnc(Br)c1Cc1ccc2c(c1)OCCO2. The van der Waals surface area contributed by atoms with Crippen LogP contribution in [0.15, 0.2) is 29.1 Å². The maximum absolute atomic E-state index is 5.58. The fraction of sp³-hybridized carbons (Fsp3) is 0.308. The summed E-state index contributed by atoms with van der Waals surface area (Å²) in [5.74, 6) is 1.66. The number of hydrogen-bond donors (Lipinski definition) is 0. The standard InChI is InChI=1S/C13H13BrN2O2/c1-16-8-15-13(14)10(16)6-9-2-3-11-12(7-9)18-5-4-17-11/h2-3,7-8H,4-6H2,1H3. The van der Waals surface area contributed by atoms with Crippen LogP contribution >= 0.6 is 15.9 Å². The average Bonchev–Trinajstić information content (AvgIpc) is 2.70. The van der Waals surface area contributed by atoms with Crippen molar-refractivity contribution in [3.63, 3.8) is 0 Å². The summed E-state index contributed by atoms with van der Waals surface area (Å²) < 4.78 is 14.0. The van der Waals surface area contributed by atoms with Crippen LogP contribution in [0, 0.1) is 0 Å². The molecule has 0 atom stereocenters. The predicted octanol–water partition coefficient (Wildman–Crippen LogP) is 2.54. The lowest BCUT2D eigenvalue weighted by molar-refractivity contribution is 0.171. The average molecular weight is 309 g/mol. The highest BCUT2D eigenvalue weighted by Crippen LogP contribution is 2.31. The third-order valence-corrected chi connectivity index (χ3v) is 3.65. The van der Waals surface area contributed by atoms with Gasteiger partial charge in [-0.3, -0.25) is 0 Å². The van der Waals surface area contributed by atoms with Crippen molar-refractivity contribution in [2.45, 2.75) is 6.42 Å². The molecule has 0 N–H and O–H groups in total. The van der Waals surface area contributed by atoms with E-state index in [1.807, 2.05) is 23.7 Å². The molecule has 0 fully saturated rings. The third kappa shape index (κ3) is 2.10. The van der Waals surface area contributed by atoms with Gasteiger partial charge in [0.1, 0.15) is 17.8 Å². The Bertz CT molecular complexity index is 561. The van der Waals surface area contributed by atoms with Crippen LogP contribution in [0.2, 0.25) is 0 Å². The Labute approximate surface area is 114 Å². The summed E-state index contributed by atoms with van der Waals surface area (Å²) in [4.78, 5) is 4.22. The van der Waals surface area contributed by atoms with Gasteiger partial charge in [0.05, 0.1) is 12.0 Å². The number of hydrogen-bond acceptors (Lipinski definition) is 3. The van der Waals surface area contributed by atoms with E-state index in [1.165, 1.54) is 5.56 Å². The lowest BCUT2D eigenvalue weighted by atomic mass is 10.1. The van der Waals surface area contributed by atoms with E-state index in [0.717, 1.165) is 28.2 Å². The highest BCUT2D eigenvalue weighted by atomic mass is 79.9. The first-order valence-corrected chi connectivity index (χ1v) is 6.57. The zero-order chi connectivity index (χ0) is 12.5. The van der Waals surface area contributed by atoms with E-state index in [0.29, 0.717) is 13.2 Å². The molecule has 0 saturated heterocycles. The summed E-state index contributed by atoms with van der Waals surface area (Å²) in [6.45, 7) is 1.24. The zero-order valence-corrected chi connectivity index (χ0v) is 11.6. The molecule has 94 valence electrons. The van der Waals surface area contributed by atoms with Crippen LogP contribution in [0.3, 0.4) is 0 Å². The number of fused-ring (bicyclic) bond motifs is 1. The second-order valence-corrected chi connectivity index (χ2v) is 5.00. The first kappa shape index (κ1) is 11.6. The molecule has 0 radical (unpaired) electrons. The summed E-state index contributed by atoms with van der Waals surface area (Å²) in [6, 6.07) is 6.06. The summed E-state index contributed by atoms with van der Waals surface area (Å²) >= 11 is 3.46. The van der Waals surface area contributed by atoms with Gasteiger partial charge in [0.15, 0.2) is 11.5 Å². The Morgan fingerprint density at radius 2 is 2.06 bits per heavy atom. The van der Waals surface area contributed by atoms with Crippen molar-refractivity contribution in [2.24, 2.45) is 7.05 Å². The van der Waals surface area contributed by atoms with Crippen LogP contribution in [0.1, 0.15) is 11.3 Å². The van der Waals surface area contributed by atoms with Gasteiger partial charge in [0, 0.05) is 13.5 Å². The lowest BCUT2D eigenvalue weighted by Gasteiger charge is -2.18. The molecule has 18 heavy (non-hydrogen) atoms. The number of nitrogens with zero attached hydrogens (tertiary/aromatic N) is 2. The van der Waals surface area contributed by atoms with Gasteiger partial charge in [-0.05, 0) is 33.6 Å². The smallest absolute Gasteiger partial charge is 0.161 e. The molecule has 0 unspecified atom stereocenters. The molecule has 2 heterocycles. The van der Waals surface area contributed by atoms with Crippen molar-refractivity contribution >= 4 is 15.9 Å². The molecule has 1 aromatic carbocycles. The van der Waals surface area contributed by atoms with Gasteiger partial charge in [-0.2, -0.15) is 0 Å². The second-order valence-electron chi connectivity index (χ2n) is 4.25. The number of halogens is 1. The van der Waals surface area contributed by atoms with Crippen molar-refractivity contribution in [2.75, 3.05) is 13.2 Å². The maximum atomic E-state index is 5.58. The summed E-state index contributed by atoms with van der Waals surface area (Å²) in [6.07, 6.45) is 2.62. The fourth-order valence-corrected chi connectivity index (χ4v) is 2.53. The van der Waals surface area contributed by atoms with Gasteiger partial charge in [-0.1, -0.05) is 6.07 Å². The minimum absolute atomic E-state index is 0.617. The maximum Gasteiger partial charge on any atom is 0.161 e. The van der Waals surface area contributed by atoms with E-state index in [4.69, 9.17) is 9.47 Å². The van der Waals surface area contributed by atoms with E-state index < -0.39 is 0 Å². The molecule has 1 aliphatic heterocycles. The van der Waals surface area contributed by atoms with Crippen molar-refractivity contribution in [3.8, 4) is 11.5 Å². The molecule has 1 aromatic heterocycles. The van der Waals surface area contributed by atoms with Gasteiger partial charge in [0.25, 0.3) is 0 Å². The molecule has 5 heteroatoms. The Hall–Kier alpha value is -1.49. The molecule has 2 aromatic rings. The molecule has 0 spiro atoms. The van der Waals surface area contributed by atoms with Crippen LogP contribution < -0.4 is 9.47 Å². The highest BCUT2D eigenvalue weighted by molar-refractivity contribution is 9.10. The topological polar surface area (TPSA) is 36.3 Å². The minimum atomic E-state index is 0.617. The second kappa shape index (κ2) is 4.65. The fourth-order valence-electron chi connectivity index (χ4n) is 2.02. The molecular weight excluding hydrogens is 296 g/mol. The highest BCUT2D eigenvalue weighted by Gasteiger charge is 2.13. The molecule has 0 saturated carbocycles. The number of aromatic nitrogens is 2. The van der Waals surface area contributed by atoms with Crippen molar-refractivity contribution in [1.82, 2.24) is 9.55 Å². The van der Waals surface area contributed by atoms with Crippen molar-refractivity contribution < 1.29 is 9.47 Å². The van der Waals surface area contributed by atoms with Gasteiger partial charge in [-0.15, -0.1) is 0 Å². The first-order chi connectivity index (χ1) is 8.74. The van der Waals surface area contributed by atoms with E-state index in [2.05, 4.69) is 27.0 Å².